The standard InChI is InChI=1S/C14H11ClN2O3/c15-13-10(6-8-20-13)14(18)17-7-5-11(16-19)9-3-1-2-4-12(9)17/h1-4,6,8,19H,5,7H2/b16-11-. The Morgan fingerprint density at radius 1 is 1.35 bits per heavy atom. The van der Waals surface area contributed by atoms with Crippen molar-refractivity contribution in [1.82, 2.24) is 0 Å². The van der Waals surface area contributed by atoms with Gasteiger partial charge >= 0.3 is 0 Å². The fourth-order valence-electron chi connectivity index (χ4n) is 2.33. The van der Waals surface area contributed by atoms with E-state index in [4.69, 9.17) is 21.2 Å². The molecule has 0 spiro atoms. The van der Waals surface area contributed by atoms with Crippen LogP contribution in [0.4, 0.5) is 5.69 Å². The predicted octanol–water partition coefficient (Wildman–Crippen LogP) is 3.16. The van der Waals surface area contributed by atoms with Crippen molar-refractivity contribution in [2.24, 2.45) is 5.16 Å². The van der Waals surface area contributed by atoms with Gasteiger partial charge in [-0.15, -0.1) is 0 Å². The van der Waals surface area contributed by atoms with Gasteiger partial charge in [0.1, 0.15) is 0 Å². The third-order valence-corrected chi connectivity index (χ3v) is 3.58. The number of oxime groups is 1. The summed E-state index contributed by atoms with van der Waals surface area (Å²) < 4.78 is 4.96. The Morgan fingerprint density at radius 3 is 2.85 bits per heavy atom. The first kappa shape index (κ1) is 12.7. The average molecular weight is 291 g/mol. The van der Waals surface area contributed by atoms with Crippen molar-refractivity contribution < 1.29 is 14.4 Å². The molecule has 1 amide bonds. The first-order chi connectivity index (χ1) is 9.72. The molecule has 3 rings (SSSR count). The van der Waals surface area contributed by atoms with Crippen LogP contribution < -0.4 is 4.90 Å². The molecule has 0 saturated carbocycles. The summed E-state index contributed by atoms with van der Waals surface area (Å²) >= 11 is 5.86. The number of furan rings is 1. The number of anilines is 1. The second kappa shape index (κ2) is 5.02. The first-order valence-electron chi connectivity index (χ1n) is 6.07. The summed E-state index contributed by atoms with van der Waals surface area (Å²) in [6, 6.07) is 8.84. The number of amides is 1. The molecule has 20 heavy (non-hydrogen) atoms. The normalized spacial score (nSPS) is 16.2. The van der Waals surface area contributed by atoms with Gasteiger partial charge in [-0.05, 0) is 23.7 Å². The molecule has 6 heteroatoms. The summed E-state index contributed by atoms with van der Waals surface area (Å²) in [5.74, 6) is -0.229. The Labute approximate surface area is 120 Å². The minimum absolute atomic E-state index is 0.0779. The van der Waals surface area contributed by atoms with Gasteiger partial charge in [0.25, 0.3) is 5.91 Å². The Bertz CT molecular complexity index is 693. The van der Waals surface area contributed by atoms with Crippen molar-refractivity contribution in [1.29, 1.82) is 0 Å². The highest BCUT2D eigenvalue weighted by atomic mass is 35.5. The summed E-state index contributed by atoms with van der Waals surface area (Å²) in [7, 11) is 0. The Hall–Kier alpha value is -2.27. The van der Waals surface area contributed by atoms with Gasteiger partial charge in [0, 0.05) is 18.5 Å². The molecule has 0 bridgehead atoms. The highest BCUT2D eigenvalue weighted by molar-refractivity contribution is 6.33. The van der Waals surface area contributed by atoms with Gasteiger partial charge in [-0.1, -0.05) is 23.4 Å². The van der Waals surface area contributed by atoms with E-state index in [1.807, 2.05) is 24.3 Å². The van der Waals surface area contributed by atoms with E-state index in [-0.39, 0.29) is 11.1 Å². The Morgan fingerprint density at radius 2 is 2.15 bits per heavy atom. The Balaban J connectivity index is 2.04. The molecule has 5 nitrogen and oxygen atoms in total. The van der Waals surface area contributed by atoms with E-state index in [0.29, 0.717) is 29.9 Å². The van der Waals surface area contributed by atoms with E-state index in [0.717, 1.165) is 5.56 Å². The molecule has 102 valence electrons. The molecule has 1 aliphatic heterocycles. The lowest BCUT2D eigenvalue weighted by Gasteiger charge is -2.29. The molecule has 0 aliphatic carbocycles. The molecule has 2 heterocycles. The zero-order valence-corrected chi connectivity index (χ0v) is 11.2. The number of carbonyl (C=O) groups excluding carboxylic acids is 1. The van der Waals surface area contributed by atoms with E-state index in [2.05, 4.69) is 5.16 Å². The fraction of sp³-hybridized carbons (Fsp3) is 0.143. The maximum absolute atomic E-state index is 12.5. The van der Waals surface area contributed by atoms with Crippen LogP contribution >= 0.6 is 11.6 Å². The zero-order chi connectivity index (χ0) is 14.1. The van der Waals surface area contributed by atoms with Crippen molar-refractivity contribution >= 4 is 28.9 Å². The summed E-state index contributed by atoms with van der Waals surface area (Å²) in [5, 5.41) is 12.4. The number of fused-ring (bicyclic) bond motifs is 1. The number of hydrogen-bond acceptors (Lipinski definition) is 4. The number of rotatable bonds is 1. The smallest absolute Gasteiger partial charge is 0.263 e. The second-order valence-electron chi connectivity index (χ2n) is 4.38. The summed E-state index contributed by atoms with van der Waals surface area (Å²) in [5.41, 5.74) is 2.34. The number of halogens is 1. The average Bonchev–Trinajstić information content (AvgIpc) is 2.91. The van der Waals surface area contributed by atoms with Crippen LogP contribution in [0.25, 0.3) is 0 Å². The van der Waals surface area contributed by atoms with Crippen molar-refractivity contribution in [2.45, 2.75) is 6.42 Å². The van der Waals surface area contributed by atoms with Crippen LogP contribution in [0, 0.1) is 0 Å². The zero-order valence-electron chi connectivity index (χ0n) is 10.4. The van der Waals surface area contributed by atoms with Gasteiger partial charge in [-0.2, -0.15) is 0 Å². The summed E-state index contributed by atoms with van der Waals surface area (Å²) in [6.07, 6.45) is 1.86. The first-order valence-corrected chi connectivity index (χ1v) is 6.45. The molecule has 0 fully saturated rings. The number of nitrogens with zero attached hydrogens (tertiary/aromatic N) is 2. The molecule has 0 unspecified atom stereocenters. The van der Waals surface area contributed by atoms with Crippen molar-refractivity contribution in [2.75, 3.05) is 11.4 Å². The maximum Gasteiger partial charge on any atom is 0.263 e. The fourth-order valence-corrected chi connectivity index (χ4v) is 2.53. The van der Waals surface area contributed by atoms with Crippen molar-refractivity contribution in [3.8, 4) is 0 Å². The number of hydrogen-bond donors (Lipinski definition) is 1. The van der Waals surface area contributed by atoms with E-state index >= 15 is 0 Å². The summed E-state index contributed by atoms with van der Waals surface area (Å²) in [6.45, 7) is 0.427. The van der Waals surface area contributed by atoms with Crippen molar-refractivity contribution in [3.05, 3.63) is 52.9 Å². The SMILES string of the molecule is O=C(c1ccoc1Cl)N1CC/C(=N/O)c2ccccc21. The minimum atomic E-state index is -0.229. The van der Waals surface area contributed by atoms with Crippen LogP contribution in [-0.4, -0.2) is 23.4 Å². The molecular weight excluding hydrogens is 280 g/mol. The lowest BCUT2D eigenvalue weighted by Crippen LogP contribution is -2.37. The minimum Gasteiger partial charge on any atom is -0.452 e. The molecule has 0 atom stereocenters. The lowest BCUT2D eigenvalue weighted by molar-refractivity contribution is 0.0986. The largest absolute Gasteiger partial charge is 0.452 e. The highest BCUT2D eigenvalue weighted by Gasteiger charge is 2.28. The molecule has 0 radical (unpaired) electrons. The van der Waals surface area contributed by atoms with Crippen LogP contribution in [0.1, 0.15) is 22.3 Å². The van der Waals surface area contributed by atoms with Crippen LogP contribution in [0.5, 0.6) is 0 Å². The number of carbonyl (C=O) groups is 1. The van der Waals surface area contributed by atoms with Gasteiger partial charge in [-0.3, -0.25) is 4.79 Å². The maximum atomic E-state index is 12.5. The van der Waals surface area contributed by atoms with Gasteiger partial charge in [0.05, 0.1) is 23.2 Å². The van der Waals surface area contributed by atoms with Gasteiger partial charge in [0.2, 0.25) is 5.22 Å². The van der Waals surface area contributed by atoms with Crippen LogP contribution in [0.3, 0.4) is 0 Å². The van der Waals surface area contributed by atoms with Crippen LogP contribution in [-0.2, 0) is 0 Å². The van der Waals surface area contributed by atoms with Gasteiger partial charge in [0.15, 0.2) is 0 Å². The van der Waals surface area contributed by atoms with Crippen LogP contribution in [0.15, 0.2) is 46.2 Å². The van der Waals surface area contributed by atoms with Crippen LogP contribution in [0.2, 0.25) is 5.22 Å². The monoisotopic (exact) mass is 290 g/mol. The predicted molar refractivity (Wildman–Crippen MR) is 74.8 cm³/mol. The molecule has 2 aromatic rings. The molecular formula is C14H11ClN2O3. The summed E-state index contributed by atoms with van der Waals surface area (Å²) in [4.78, 5) is 14.1. The lowest BCUT2D eigenvalue weighted by atomic mass is 9.99. The molecule has 1 N–H and O–H groups in total. The van der Waals surface area contributed by atoms with Gasteiger partial charge in [-0.25, -0.2) is 0 Å². The number of benzene rings is 1. The molecule has 1 aliphatic rings. The van der Waals surface area contributed by atoms with E-state index < -0.39 is 0 Å². The van der Waals surface area contributed by atoms with E-state index in [1.54, 1.807) is 11.0 Å². The topological polar surface area (TPSA) is 66.0 Å². The van der Waals surface area contributed by atoms with E-state index in [1.165, 1.54) is 6.26 Å². The third-order valence-electron chi connectivity index (χ3n) is 3.29. The molecule has 1 aromatic heterocycles. The Kier molecular flexibility index (Phi) is 3.20. The van der Waals surface area contributed by atoms with Gasteiger partial charge < -0.3 is 14.5 Å². The van der Waals surface area contributed by atoms with Crippen molar-refractivity contribution in [3.63, 3.8) is 0 Å². The molecule has 0 saturated heterocycles. The molecule has 1 aromatic carbocycles. The quantitative estimate of drug-likeness (QED) is 0.648. The highest BCUT2D eigenvalue weighted by Crippen LogP contribution is 2.30. The third kappa shape index (κ3) is 1.96. The number of para-hydroxylation sites is 1. The second-order valence-corrected chi connectivity index (χ2v) is 4.72. The van der Waals surface area contributed by atoms with E-state index in [9.17, 15) is 4.79 Å².